The average molecular weight is 295 g/mol. The predicted octanol–water partition coefficient (Wildman–Crippen LogP) is 2.81. The number of hydrogen-bond acceptors (Lipinski definition) is 3. The van der Waals surface area contributed by atoms with Crippen LogP contribution < -0.4 is 0 Å². The van der Waals surface area contributed by atoms with Crippen LogP contribution in [0.2, 0.25) is 0 Å². The molecule has 3 rings (SSSR count). The maximum atomic E-state index is 10.9. The Hall–Kier alpha value is -2.69. The highest BCUT2D eigenvalue weighted by Crippen LogP contribution is 2.18. The Morgan fingerprint density at radius 3 is 2.77 bits per heavy atom. The average Bonchev–Trinajstić information content (AvgIpc) is 2.82. The molecular formula is C17H17N3O2. The predicted molar refractivity (Wildman–Crippen MR) is 83.8 cm³/mol. The molecule has 0 saturated heterocycles. The second kappa shape index (κ2) is 5.97. The van der Waals surface area contributed by atoms with Gasteiger partial charge in [0.05, 0.1) is 6.42 Å². The van der Waals surface area contributed by atoms with E-state index in [0.717, 1.165) is 28.1 Å². The highest BCUT2D eigenvalue weighted by molar-refractivity contribution is 5.73. The second-order valence-corrected chi connectivity index (χ2v) is 5.34. The molecule has 0 saturated carbocycles. The van der Waals surface area contributed by atoms with Crippen LogP contribution in [0.1, 0.15) is 23.4 Å². The van der Waals surface area contributed by atoms with Gasteiger partial charge in [0, 0.05) is 19.2 Å². The fourth-order valence-corrected chi connectivity index (χ4v) is 2.51. The largest absolute Gasteiger partial charge is 0.481 e. The normalized spacial score (nSPS) is 11.0. The first-order valence-corrected chi connectivity index (χ1v) is 7.21. The summed E-state index contributed by atoms with van der Waals surface area (Å²) in [5, 5.41) is 8.95. The SMILES string of the molecule is Cc1cnc2c(c1)nc(Cc1ccccc1)n2CCC(=O)O. The molecule has 0 amide bonds. The number of carboxylic acid groups (broad SMARTS) is 1. The molecule has 5 heteroatoms. The smallest absolute Gasteiger partial charge is 0.305 e. The van der Waals surface area contributed by atoms with E-state index in [0.29, 0.717) is 13.0 Å². The van der Waals surface area contributed by atoms with Gasteiger partial charge in [0.15, 0.2) is 5.65 Å². The number of fused-ring (bicyclic) bond motifs is 1. The standard InChI is InChI=1S/C17H17N3O2/c1-12-9-14-17(18-11-12)20(8-7-16(21)22)15(19-14)10-13-5-3-2-4-6-13/h2-6,9,11H,7-8,10H2,1H3,(H,21,22). The fourth-order valence-electron chi connectivity index (χ4n) is 2.51. The number of rotatable bonds is 5. The summed E-state index contributed by atoms with van der Waals surface area (Å²) in [5.74, 6) is 0.0279. The first kappa shape index (κ1) is 14.3. The molecule has 0 atom stereocenters. The Kier molecular flexibility index (Phi) is 3.87. The van der Waals surface area contributed by atoms with Crippen molar-refractivity contribution in [1.29, 1.82) is 0 Å². The van der Waals surface area contributed by atoms with Crippen LogP contribution in [-0.2, 0) is 17.8 Å². The van der Waals surface area contributed by atoms with Gasteiger partial charge in [0.2, 0.25) is 0 Å². The van der Waals surface area contributed by atoms with E-state index in [1.165, 1.54) is 0 Å². The lowest BCUT2D eigenvalue weighted by Crippen LogP contribution is -2.09. The van der Waals surface area contributed by atoms with Gasteiger partial charge in [-0.1, -0.05) is 30.3 Å². The summed E-state index contributed by atoms with van der Waals surface area (Å²) in [4.78, 5) is 20.0. The van der Waals surface area contributed by atoms with Crippen LogP contribution in [0.3, 0.4) is 0 Å². The molecule has 0 aliphatic heterocycles. The van der Waals surface area contributed by atoms with Gasteiger partial charge in [-0.25, -0.2) is 9.97 Å². The quantitative estimate of drug-likeness (QED) is 0.786. The van der Waals surface area contributed by atoms with Gasteiger partial charge in [0.1, 0.15) is 11.3 Å². The van der Waals surface area contributed by atoms with Crippen molar-refractivity contribution >= 4 is 17.1 Å². The molecule has 0 fully saturated rings. The lowest BCUT2D eigenvalue weighted by molar-refractivity contribution is -0.137. The summed E-state index contributed by atoms with van der Waals surface area (Å²) in [5.41, 5.74) is 3.75. The van der Waals surface area contributed by atoms with Crippen LogP contribution in [0.15, 0.2) is 42.6 Å². The molecule has 112 valence electrons. The fraction of sp³-hybridized carbons (Fsp3) is 0.235. The van der Waals surface area contributed by atoms with Gasteiger partial charge in [-0.3, -0.25) is 4.79 Å². The van der Waals surface area contributed by atoms with E-state index in [2.05, 4.69) is 9.97 Å². The van der Waals surface area contributed by atoms with Gasteiger partial charge in [0.25, 0.3) is 0 Å². The molecule has 0 spiro atoms. The molecule has 0 aliphatic carbocycles. The van der Waals surface area contributed by atoms with Gasteiger partial charge in [-0.05, 0) is 24.1 Å². The van der Waals surface area contributed by atoms with Gasteiger partial charge in [-0.2, -0.15) is 0 Å². The summed E-state index contributed by atoms with van der Waals surface area (Å²) in [6, 6.07) is 12.0. The molecule has 5 nitrogen and oxygen atoms in total. The van der Waals surface area contributed by atoms with Crippen molar-refractivity contribution in [2.75, 3.05) is 0 Å². The molecule has 22 heavy (non-hydrogen) atoms. The number of benzene rings is 1. The summed E-state index contributed by atoms with van der Waals surface area (Å²) >= 11 is 0. The summed E-state index contributed by atoms with van der Waals surface area (Å²) in [7, 11) is 0. The Morgan fingerprint density at radius 1 is 1.27 bits per heavy atom. The van der Waals surface area contributed by atoms with Crippen molar-refractivity contribution in [2.24, 2.45) is 0 Å². The van der Waals surface area contributed by atoms with Crippen LogP contribution >= 0.6 is 0 Å². The number of imidazole rings is 1. The molecule has 1 N–H and O–H groups in total. The van der Waals surface area contributed by atoms with Crippen molar-refractivity contribution in [2.45, 2.75) is 26.3 Å². The van der Waals surface area contributed by atoms with Gasteiger partial charge >= 0.3 is 5.97 Å². The Morgan fingerprint density at radius 2 is 2.05 bits per heavy atom. The van der Waals surface area contributed by atoms with Gasteiger partial charge in [-0.15, -0.1) is 0 Å². The molecule has 1 aromatic carbocycles. The van der Waals surface area contributed by atoms with Crippen molar-refractivity contribution in [3.8, 4) is 0 Å². The van der Waals surface area contributed by atoms with E-state index in [1.54, 1.807) is 6.20 Å². The van der Waals surface area contributed by atoms with E-state index < -0.39 is 5.97 Å². The lowest BCUT2D eigenvalue weighted by atomic mass is 10.1. The minimum absolute atomic E-state index is 0.0583. The highest BCUT2D eigenvalue weighted by atomic mass is 16.4. The van der Waals surface area contributed by atoms with Crippen LogP contribution in [0.25, 0.3) is 11.2 Å². The molecule has 3 aromatic rings. The van der Waals surface area contributed by atoms with E-state index >= 15 is 0 Å². The minimum Gasteiger partial charge on any atom is -0.481 e. The molecule has 2 heterocycles. The number of carboxylic acids is 1. The molecular weight excluding hydrogens is 278 g/mol. The topological polar surface area (TPSA) is 68.0 Å². The molecule has 0 radical (unpaired) electrons. The summed E-state index contributed by atoms with van der Waals surface area (Å²) in [6.45, 7) is 2.35. The first-order valence-electron chi connectivity index (χ1n) is 7.21. The zero-order valence-corrected chi connectivity index (χ0v) is 12.4. The molecule has 0 bridgehead atoms. The molecule has 2 aromatic heterocycles. The number of aliphatic carboxylic acids is 1. The van der Waals surface area contributed by atoms with Crippen LogP contribution in [0.5, 0.6) is 0 Å². The third kappa shape index (κ3) is 2.98. The summed E-state index contributed by atoms with van der Waals surface area (Å²) < 4.78 is 1.91. The van der Waals surface area contributed by atoms with E-state index in [-0.39, 0.29) is 6.42 Å². The number of hydrogen-bond donors (Lipinski definition) is 1. The van der Waals surface area contributed by atoms with Crippen LogP contribution in [0, 0.1) is 6.92 Å². The third-order valence-corrected chi connectivity index (χ3v) is 3.56. The maximum absolute atomic E-state index is 10.9. The van der Waals surface area contributed by atoms with Crippen molar-refractivity contribution in [1.82, 2.24) is 14.5 Å². The van der Waals surface area contributed by atoms with Crippen molar-refractivity contribution in [3.63, 3.8) is 0 Å². The van der Waals surface area contributed by atoms with Gasteiger partial charge < -0.3 is 9.67 Å². The molecule has 0 unspecified atom stereocenters. The number of carbonyl (C=O) groups is 1. The Bertz CT molecular complexity index is 809. The lowest BCUT2D eigenvalue weighted by Gasteiger charge is -2.07. The summed E-state index contributed by atoms with van der Waals surface area (Å²) in [6.07, 6.45) is 2.51. The maximum Gasteiger partial charge on any atom is 0.305 e. The van der Waals surface area contributed by atoms with E-state index in [9.17, 15) is 4.79 Å². The van der Waals surface area contributed by atoms with Crippen LogP contribution in [-0.4, -0.2) is 25.6 Å². The van der Waals surface area contributed by atoms with Crippen molar-refractivity contribution in [3.05, 3.63) is 59.5 Å². The van der Waals surface area contributed by atoms with E-state index in [4.69, 9.17) is 5.11 Å². The van der Waals surface area contributed by atoms with Crippen molar-refractivity contribution < 1.29 is 9.90 Å². The Labute approximate surface area is 128 Å². The number of pyridine rings is 1. The number of aromatic nitrogens is 3. The second-order valence-electron chi connectivity index (χ2n) is 5.34. The number of aryl methyl sites for hydroxylation is 2. The zero-order chi connectivity index (χ0) is 15.5. The number of nitrogens with zero attached hydrogens (tertiary/aromatic N) is 3. The van der Waals surface area contributed by atoms with Crippen LogP contribution in [0.4, 0.5) is 0 Å². The third-order valence-electron chi connectivity index (χ3n) is 3.56. The van der Waals surface area contributed by atoms with E-state index in [1.807, 2.05) is 47.9 Å². The minimum atomic E-state index is -0.820. The monoisotopic (exact) mass is 295 g/mol. The highest BCUT2D eigenvalue weighted by Gasteiger charge is 2.13. The Balaban J connectivity index is 2.02. The first-order chi connectivity index (χ1) is 10.6. The molecule has 0 aliphatic rings. The zero-order valence-electron chi connectivity index (χ0n) is 12.4.